The van der Waals surface area contributed by atoms with Gasteiger partial charge in [-0.2, -0.15) is 5.10 Å². The van der Waals surface area contributed by atoms with Gasteiger partial charge >= 0.3 is 0 Å². The number of aromatic nitrogens is 4. The van der Waals surface area contributed by atoms with Crippen molar-refractivity contribution in [1.29, 1.82) is 0 Å². The Morgan fingerprint density at radius 1 is 1.15 bits per heavy atom. The molecular formula is C23H22N6O4. The SMILES string of the molecule is Cc1ccc(Cn2cnc3c(cnn3CCNC(=O)c3cccc([N+](=O)[O-])c3C)c2=O)cc1. The summed E-state index contributed by atoms with van der Waals surface area (Å²) in [6.45, 7) is 4.46. The second kappa shape index (κ2) is 9.03. The first-order chi connectivity index (χ1) is 15.8. The quantitative estimate of drug-likeness (QED) is 0.344. The van der Waals surface area contributed by atoms with Crippen LogP contribution in [0, 0.1) is 24.0 Å². The standard InChI is InChI=1S/C23H22N6O4/c1-15-6-8-17(9-7-15)13-27-14-25-21-19(23(27)31)12-26-28(21)11-10-24-22(30)18-4-3-5-20(16(18)2)29(32)33/h3-9,12,14H,10-11,13H2,1-2H3,(H,24,30). The summed E-state index contributed by atoms with van der Waals surface area (Å²) in [6.07, 6.45) is 2.97. The highest BCUT2D eigenvalue weighted by Crippen LogP contribution is 2.20. The van der Waals surface area contributed by atoms with Gasteiger partial charge < -0.3 is 5.32 Å². The molecule has 168 valence electrons. The largest absolute Gasteiger partial charge is 0.350 e. The highest BCUT2D eigenvalue weighted by atomic mass is 16.6. The van der Waals surface area contributed by atoms with Crippen LogP contribution in [0.25, 0.3) is 11.0 Å². The lowest BCUT2D eigenvalue weighted by Gasteiger charge is -2.09. The Hall–Kier alpha value is -4.34. The third-order valence-corrected chi connectivity index (χ3v) is 5.45. The maximum atomic E-state index is 12.8. The van der Waals surface area contributed by atoms with Crippen LogP contribution < -0.4 is 10.9 Å². The second-order valence-corrected chi connectivity index (χ2v) is 7.73. The van der Waals surface area contributed by atoms with Crippen molar-refractivity contribution >= 4 is 22.6 Å². The van der Waals surface area contributed by atoms with Crippen molar-refractivity contribution in [2.75, 3.05) is 6.54 Å². The molecule has 0 aliphatic carbocycles. The van der Waals surface area contributed by atoms with E-state index in [-0.39, 0.29) is 29.9 Å². The van der Waals surface area contributed by atoms with Crippen LogP contribution in [0.4, 0.5) is 5.69 Å². The maximum absolute atomic E-state index is 12.8. The first-order valence-corrected chi connectivity index (χ1v) is 10.3. The molecule has 2 aromatic carbocycles. The number of benzene rings is 2. The molecule has 0 atom stereocenters. The Morgan fingerprint density at radius 2 is 1.91 bits per heavy atom. The average molecular weight is 446 g/mol. The molecule has 0 saturated heterocycles. The smallest absolute Gasteiger partial charge is 0.273 e. The number of nitrogens with zero attached hydrogens (tertiary/aromatic N) is 5. The van der Waals surface area contributed by atoms with Gasteiger partial charge in [-0.15, -0.1) is 0 Å². The van der Waals surface area contributed by atoms with Gasteiger partial charge in [0.1, 0.15) is 11.7 Å². The number of nitrogens with one attached hydrogen (secondary N) is 1. The highest BCUT2D eigenvalue weighted by molar-refractivity contribution is 5.96. The van der Waals surface area contributed by atoms with E-state index in [1.54, 1.807) is 17.7 Å². The van der Waals surface area contributed by atoms with Crippen molar-refractivity contribution in [1.82, 2.24) is 24.6 Å². The highest BCUT2D eigenvalue weighted by Gasteiger charge is 2.18. The van der Waals surface area contributed by atoms with Crippen molar-refractivity contribution in [2.45, 2.75) is 26.9 Å². The van der Waals surface area contributed by atoms with Crippen LogP contribution in [0.3, 0.4) is 0 Å². The minimum absolute atomic E-state index is 0.105. The van der Waals surface area contributed by atoms with E-state index in [9.17, 15) is 19.7 Å². The predicted molar refractivity (Wildman–Crippen MR) is 122 cm³/mol. The molecule has 0 unspecified atom stereocenters. The van der Waals surface area contributed by atoms with Gasteiger partial charge in [0.15, 0.2) is 5.65 Å². The van der Waals surface area contributed by atoms with Crippen molar-refractivity contribution < 1.29 is 9.72 Å². The predicted octanol–water partition coefficient (Wildman–Crippen LogP) is 2.60. The third-order valence-electron chi connectivity index (χ3n) is 5.45. The summed E-state index contributed by atoms with van der Waals surface area (Å²) >= 11 is 0. The molecule has 2 aromatic heterocycles. The number of nitro benzene ring substituents is 1. The van der Waals surface area contributed by atoms with Gasteiger partial charge in [-0.1, -0.05) is 35.9 Å². The van der Waals surface area contributed by atoms with E-state index >= 15 is 0 Å². The number of hydrogen-bond acceptors (Lipinski definition) is 6. The van der Waals surface area contributed by atoms with Gasteiger partial charge in [-0.3, -0.25) is 24.3 Å². The Morgan fingerprint density at radius 3 is 2.64 bits per heavy atom. The lowest BCUT2D eigenvalue weighted by molar-refractivity contribution is -0.385. The number of amides is 1. The molecule has 4 aromatic rings. The van der Waals surface area contributed by atoms with Crippen molar-refractivity contribution in [3.63, 3.8) is 0 Å². The maximum Gasteiger partial charge on any atom is 0.273 e. The van der Waals surface area contributed by atoms with E-state index in [0.717, 1.165) is 11.1 Å². The van der Waals surface area contributed by atoms with Gasteiger partial charge in [0.25, 0.3) is 17.2 Å². The molecule has 0 spiro atoms. The van der Waals surface area contributed by atoms with Crippen LogP contribution in [0.1, 0.15) is 27.0 Å². The van der Waals surface area contributed by atoms with Gasteiger partial charge in [-0.25, -0.2) is 9.67 Å². The van der Waals surface area contributed by atoms with Crippen molar-refractivity contribution in [2.24, 2.45) is 0 Å². The van der Waals surface area contributed by atoms with Crippen LogP contribution in [0.15, 0.2) is 59.8 Å². The number of nitro groups is 1. The Labute approximate surface area is 188 Å². The minimum atomic E-state index is -0.515. The average Bonchev–Trinajstić information content (AvgIpc) is 3.20. The summed E-state index contributed by atoms with van der Waals surface area (Å²) in [5.41, 5.74) is 2.83. The van der Waals surface area contributed by atoms with E-state index in [1.807, 2.05) is 31.2 Å². The van der Waals surface area contributed by atoms with Crippen molar-refractivity contribution in [3.05, 3.63) is 97.7 Å². The van der Waals surface area contributed by atoms with Crippen LogP contribution >= 0.6 is 0 Å². The summed E-state index contributed by atoms with van der Waals surface area (Å²) in [5.74, 6) is -0.416. The van der Waals surface area contributed by atoms with Crippen LogP contribution in [-0.2, 0) is 13.1 Å². The Balaban J connectivity index is 1.46. The van der Waals surface area contributed by atoms with E-state index in [0.29, 0.717) is 23.1 Å². The number of aryl methyl sites for hydroxylation is 1. The third kappa shape index (κ3) is 4.49. The Kier molecular flexibility index (Phi) is 5.99. The summed E-state index contributed by atoms with van der Waals surface area (Å²) in [5, 5.41) is 18.5. The monoisotopic (exact) mass is 446 g/mol. The molecule has 0 aliphatic rings. The fourth-order valence-electron chi connectivity index (χ4n) is 3.60. The molecule has 10 nitrogen and oxygen atoms in total. The molecule has 2 heterocycles. The molecule has 0 bridgehead atoms. The molecule has 33 heavy (non-hydrogen) atoms. The second-order valence-electron chi connectivity index (χ2n) is 7.73. The molecule has 1 amide bonds. The molecule has 0 fully saturated rings. The van der Waals surface area contributed by atoms with Crippen LogP contribution in [-0.4, -0.2) is 36.7 Å². The number of rotatable bonds is 7. The normalized spacial score (nSPS) is 11.0. The van der Waals surface area contributed by atoms with Crippen LogP contribution in [0.5, 0.6) is 0 Å². The summed E-state index contributed by atoms with van der Waals surface area (Å²) in [6, 6.07) is 12.3. The first-order valence-electron chi connectivity index (χ1n) is 10.3. The first kappa shape index (κ1) is 21.9. The molecule has 0 saturated carbocycles. The topological polar surface area (TPSA) is 125 Å². The number of carbonyl (C=O) groups excluding carboxylic acids is 1. The summed E-state index contributed by atoms with van der Waals surface area (Å²) in [7, 11) is 0. The van der Waals surface area contributed by atoms with Crippen LogP contribution in [0.2, 0.25) is 0 Å². The van der Waals surface area contributed by atoms with Gasteiger partial charge in [0, 0.05) is 23.7 Å². The molecule has 1 N–H and O–H groups in total. The minimum Gasteiger partial charge on any atom is -0.350 e. The molecule has 10 heteroatoms. The van der Waals surface area contributed by atoms with E-state index < -0.39 is 10.8 Å². The summed E-state index contributed by atoms with van der Waals surface area (Å²) in [4.78, 5) is 40.3. The fraction of sp³-hybridized carbons (Fsp3) is 0.217. The van der Waals surface area contributed by atoms with E-state index in [2.05, 4.69) is 15.4 Å². The zero-order valence-corrected chi connectivity index (χ0v) is 18.2. The lowest BCUT2D eigenvalue weighted by Crippen LogP contribution is -2.28. The number of hydrogen-bond donors (Lipinski definition) is 1. The van der Waals surface area contributed by atoms with Gasteiger partial charge in [0.05, 0.1) is 24.2 Å². The van der Waals surface area contributed by atoms with E-state index in [4.69, 9.17) is 0 Å². The number of carbonyl (C=O) groups is 1. The lowest BCUT2D eigenvalue weighted by atomic mass is 10.1. The molecule has 0 aliphatic heterocycles. The fourth-order valence-corrected chi connectivity index (χ4v) is 3.60. The number of fused-ring (bicyclic) bond motifs is 1. The van der Waals surface area contributed by atoms with E-state index in [1.165, 1.54) is 29.2 Å². The van der Waals surface area contributed by atoms with Gasteiger partial charge in [0.2, 0.25) is 0 Å². The zero-order valence-electron chi connectivity index (χ0n) is 18.2. The zero-order chi connectivity index (χ0) is 23.5. The van der Waals surface area contributed by atoms with Crippen molar-refractivity contribution in [3.8, 4) is 0 Å². The summed E-state index contributed by atoms with van der Waals surface area (Å²) < 4.78 is 3.08. The van der Waals surface area contributed by atoms with Gasteiger partial charge in [-0.05, 0) is 25.5 Å². The molecular weight excluding hydrogens is 424 g/mol. The molecule has 0 radical (unpaired) electrons. The molecule has 4 rings (SSSR count). The Bertz CT molecular complexity index is 1400.